The zero-order valence-corrected chi connectivity index (χ0v) is 11.5. The number of aromatic nitrogens is 2. The molecule has 0 aliphatic heterocycles. The summed E-state index contributed by atoms with van der Waals surface area (Å²) in [6.45, 7) is 4.09. The Hall–Kier alpha value is -1.81. The van der Waals surface area contributed by atoms with Gasteiger partial charge in [-0.3, -0.25) is 4.68 Å². The van der Waals surface area contributed by atoms with Crippen LogP contribution in [0.15, 0.2) is 42.7 Å². The molecule has 1 aromatic heterocycles. The highest BCUT2D eigenvalue weighted by atomic mass is 16.5. The van der Waals surface area contributed by atoms with E-state index in [1.165, 1.54) is 5.56 Å². The molecule has 19 heavy (non-hydrogen) atoms. The van der Waals surface area contributed by atoms with Crippen molar-refractivity contribution >= 4 is 0 Å². The summed E-state index contributed by atoms with van der Waals surface area (Å²) in [5.41, 5.74) is 1.25. The maximum absolute atomic E-state index is 5.24. The van der Waals surface area contributed by atoms with E-state index in [0.29, 0.717) is 6.04 Å². The minimum Gasteiger partial charge on any atom is -0.497 e. The van der Waals surface area contributed by atoms with E-state index >= 15 is 0 Å². The standard InChI is InChI=1S/C15H21N3O/c1-13(14-6-3-7-15(12-14)19-2)16-8-4-10-18-11-5-9-17-18/h3,5-7,9,11-13,16H,4,8,10H2,1-2H3. The third-order valence-electron chi connectivity index (χ3n) is 3.17. The van der Waals surface area contributed by atoms with Gasteiger partial charge in [0.1, 0.15) is 5.75 Å². The van der Waals surface area contributed by atoms with Crippen LogP contribution in [0.2, 0.25) is 0 Å². The number of aryl methyl sites for hydroxylation is 1. The van der Waals surface area contributed by atoms with Crippen LogP contribution in [0.3, 0.4) is 0 Å². The topological polar surface area (TPSA) is 39.1 Å². The number of methoxy groups -OCH3 is 1. The minimum atomic E-state index is 0.327. The normalized spacial score (nSPS) is 12.3. The van der Waals surface area contributed by atoms with Gasteiger partial charge in [-0.1, -0.05) is 12.1 Å². The molecule has 0 saturated heterocycles. The molecule has 1 N–H and O–H groups in total. The summed E-state index contributed by atoms with van der Waals surface area (Å²) < 4.78 is 7.20. The number of hydrogen-bond donors (Lipinski definition) is 1. The Balaban J connectivity index is 1.75. The predicted octanol–water partition coefficient (Wildman–Crippen LogP) is 2.63. The quantitative estimate of drug-likeness (QED) is 0.777. The fourth-order valence-corrected chi connectivity index (χ4v) is 2.02. The van der Waals surface area contributed by atoms with Crippen LogP contribution < -0.4 is 10.1 Å². The van der Waals surface area contributed by atoms with Crippen LogP contribution in [-0.4, -0.2) is 23.4 Å². The molecule has 0 saturated carbocycles. The van der Waals surface area contributed by atoms with Crippen molar-refractivity contribution in [1.29, 1.82) is 0 Å². The van der Waals surface area contributed by atoms with Gasteiger partial charge in [-0.2, -0.15) is 5.10 Å². The van der Waals surface area contributed by atoms with Crippen molar-refractivity contribution in [2.45, 2.75) is 25.9 Å². The van der Waals surface area contributed by atoms with Crippen LogP contribution in [-0.2, 0) is 6.54 Å². The largest absolute Gasteiger partial charge is 0.497 e. The van der Waals surface area contributed by atoms with Crippen molar-refractivity contribution < 1.29 is 4.74 Å². The lowest BCUT2D eigenvalue weighted by Gasteiger charge is -2.15. The molecule has 0 fully saturated rings. The average Bonchev–Trinajstić information content (AvgIpc) is 2.96. The van der Waals surface area contributed by atoms with Crippen LogP contribution >= 0.6 is 0 Å². The Morgan fingerprint density at radius 2 is 2.26 bits per heavy atom. The SMILES string of the molecule is COc1cccc(C(C)NCCCn2cccn2)c1. The summed E-state index contributed by atoms with van der Waals surface area (Å²) in [6, 6.07) is 10.5. The molecule has 1 unspecified atom stereocenters. The Labute approximate surface area is 114 Å². The summed E-state index contributed by atoms with van der Waals surface area (Å²) in [5, 5.41) is 7.70. The molecule has 0 bridgehead atoms. The van der Waals surface area contributed by atoms with Gasteiger partial charge in [0.2, 0.25) is 0 Å². The maximum Gasteiger partial charge on any atom is 0.119 e. The first-order chi connectivity index (χ1) is 9.29. The van der Waals surface area contributed by atoms with Crippen LogP contribution in [0, 0.1) is 0 Å². The molecular weight excluding hydrogens is 238 g/mol. The lowest BCUT2D eigenvalue weighted by atomic mass is 10.1. The van der Waals surface area contributed by atoms with Crippen molar-refractivity contribution in [3.05, 3.63) is 48.3 Å². The number of nitrogens with zero attached hydrogens (tertiary/aromatic N) is 2. The second-order valence-corrected chi connectivity index (χ2v) is 4.58. The summed E-state index contributed by atoms with van der Waals surface area (Å²) in [6.07, 6.45) is 4.87. The van der Waals surface area contributed by atoms with Crippen molar-refractivity contribution in [1.82, 2.24) is 15.1 Å². The number of benzene rings is 1. The van der Waals surface area contributed by atoms with Crippen molar-refractivity contribution in [3.63, 3.8) is 0 Å². The molecule has 2 aromatic rings. The van der Waals surface area contributed by atoms with E-state index in [4.69, 9.17) is 4.74 Å². The summed E-state index contributed by atoms with van der Waals surface area (Å²) in [5.74, 6) is 0.905. The smallest absolute Gasteiger partial charge is 0.119 e. The van der Waals surface area contributed by atoms with Gasteiger partial charge in [0.25, 0.3) is 0 Å². The first kappa shape index (κ1) is 13.6. The highest BCUT2D eigenvalue weighted by Gasteiger charge is 2.05. The summed E-state index contributed by atoms with van der Waals surface area (Å²) in [7, 11) is 1.70. The molecule has 102 valence electrons. The van der Waals surface area contributed by atoms with Gasteiger partial charge in [-0.05, 0) is 43.7 Å². The molecule has 2 rings (SSSR count). The van der Waals surface area contributed by atoms with E-state index < -0.39 is 0 Å². The molecular formula is C15H21N3O. The first-order valence-electron chi connectivity index (χ1n) is 6.64. The van der Waals surface area contributed by atoms with E-state index in [-0.39, 0.29) is 0 Å². The van der Waals surface area contributed by atoms with Gasteiger partial charge in [-0.15, -0.1) is 0 Å². The van der Waals surface area contributed by atoms with Gasteiger partial charge in [0, 0.05) is 25.0 Å². The molecule has 1 heterocycles. The summed E-state index contributed by atoms with van der Waals surface area (Å²) >= 11 is 0. The van der Waals surface area contributed by atoms with Crippen LogP contribution in [0.25, 0.3) is 0 Å². The molecule has 0 aliphatic rings. The number of hydrogen-bond acceptors (Lipinski definition) is 3. The molecule has 0 spiro atoms. The van der Waals surface area contributed by atoms with Gasteiger partial charge >= 0.3 is 0 Å². The summed E-state index contributed by atoms with van der Waals surface area (Å²) in [4.78, 5) is 0. The Morgan fingerprint density at radius 1 is 1.37 bits per heavy atom. The zero-order valence-electron chi connectivity index (χ0n) is 11.5. The zero-order chi connectivity index (χ0) is 13.5. The minimum absolute atomic E-state index is 0.327. The molecule has 0 aliphatic carbocycles. The molecule has 0 amide bonds. The van der Waals surface area contributed by atoms with E-state index in [0.717, 1.165) is 25.3 Å². The van der Waals surface area contributed by atoms with Crippen LogP contribution in [0.1, 0.15) is 24.9 Å². The third-order valence-corrected chi connectivity index (χ3v) is 3.17. The van der Waals surface area contributed by atoms with Crippen LogP contribution in [0.5, 0.6) is 5.75 Å². The van der Waals surface area contributed by atoms with Gasteiger partial charge in [-0.25, -0.2) is 0 Å². The van der Waals surface area contributed by atoms with E-state index in [2.05, 4.69) is 29.5 Å². The molecule has 1 atom stereocenters. The number of rotatable bonds is 7. The second kappa shape index (κ2) is 6.95. The maximum atomic E-state index is 5.24. The average molecular weight is 259 g/mol. The first-order valence-corrected chi connectivity index (χ1v) is 6.64. The van der Waals surface area contributed by atoms with Crippen LogP contribution in [0.4, 0.5) is 0 Å². The lowest BCUT2D eigenvalue weighted by Crippen LogP contribution is -2.21. The van der Waals surface area contributed by atoms with Gasteiger partial charge in [0.05, 0.1) is 7.11 Å². The Bertz CT molecular complexity index is 482. The fourth-order valence-electron chi connectivity index (χ4n) is 2.02. The van der Waals surface area contributed by atoms with Gasteiger partial charge < -0.3 is 10.1 Å². The second-order valence-electron chi connectivity index (χ2n) is 4.58. The highest BCUT2D eigenvalue weighted by Crippen LogP contribution is 2.18. The molecule has 1 aromatic carbocycles. The Kier molecular flexibility index (Phi) is 4.98. The molecule has 4 heteroatoms. The Morgan fingerprint density at radius 3 is 3.00 bits per heavy atom. The van der Waals surface area contributed by atoms with Gasteiger partial charge in [0.15, 0.2) is 0 Å². The monoisotopic (exact) mass is 259 g/mol. The highest BCUT2D eigenvalue weighted by molar-refractivity contribution is 5.30. The fraction of sp³-hybridized carbons (Fsp3) is 0.400. The number of ether oxygens (including phenoxy) is 1. The predicted molar refractivity (Wildman–Crippen MR) is 76.3 cm³/mol. The van der Waals surface area contributed by atoms with E-state index in [9.17, 15) is 0 Å². The van der Waals surface area contributed by atoms with Crippen molar-refractivity contribution in [2.24, 2.45) is 0 Å². The molecule has 4 nitrogen and oxygen atoms in total. The van der Waals surface area contributed by atoms with E-state index in [1.54, 1.807) is 7.11 Å². The molecule has 0 radical (unpaired) electrons. The van der Waals surface area contributed by atoms with Crippen molar-refractivity contribution in [3.8, 4) is 5.75 Å². The van der Waals surface area contributed by atoms with Crippen molar-refractivity contribution in [2.75, 3.05) is 13.7 Å². The third kappa shape index (κ3) is 4.10. The number of nitrogens with one attached hydrogen (secondary N) is 1. The lowest BCUT2D eigenvalue weighted by molar-refractivity contribution is 0.413. The van der Waals surface area contributed by atoms with E-state index in [1.807, 2.05) is 35.3 Å².